The van der Waals surface area contributed by atoms with E-state index in [9.17, 15) is 22.7 Å². The number of alkyl halides is 3. The minimum Gasteiger partial charge on any atom is -0.375 e. The number of benzene rings is 1. The Morgan fingerprint density at radius 3 is 2.29 bits per heavy atom. The highest BCUT2D eigenvalue weighted by Gasteiger charge is 2.55. The summed E-state index contributed by atoms with van der Waals surface area (Å²) in [5.41, 5.74) is 0.434. The second-order valence-electron chi connectivity index (χ2n) is 3.29. The van der Waals surface area contributed by atoms with E-state index in [1.54, 1.807) is 0 Å². The van der Waals surface area contributed by atoms with Gasteiger partial charge in [0, 0.05) is 16.6 Å². The minimum atomic E-state index is -5.10. The zero-order chi connectivity index (χ0) is 13.4. The van der Waals surface area contributed by atoms with Gasteiger partial charge in [-0.15, -0.1) is 0 Å². The van der Waals surface area contributed by atoms with Crippen LogP contribution in [0, 0.1) is 5.82 Å². The predicted octanol–water partition coefficient (Wildman–Crippen LogP) is 2.95. The Balaban J connectivity index is 3.47. The van der Waals surface area contributed by atoms with E-state index in [4.69, 9.17) is 17.3 Å². The third-order valence-electron chi connectivity index (χ3n) is 2.25. The van der Waals surface area contributed by atoms with Gasteiger partial charge in [-0.1, -0.05) is 17.7 Å². The molecule has 1 atom stereocenters. The van der Waals surface area contributed by atoms with Crippen LogP contribution in [0.2, 0.25) is 5.02 Å². The lowest BCUT2D eigenvalue weighted by atomic mass is 9.93. The molecule has 1 rings (SSSR count). The van der Waals surface area contributed by atoms with Gasteiger partial charge in [0.1, 0.15) is 5.82 Å². The van der Waals surface area contributed by atoms with E-state index in [0.29, 0.717) is 0 Å². The van der Waals surface area contributed by atoms with Crippen molar-refractivity contribution in [1.29, 1.82) is 0 Å². The molecule has 17 heavy (non-hydrogen) atoms. The molecule has 0 spiro atoms. The van der Waals surface area contributed by atoms with Crippen LogP contribution in [0.3, 0.4) is 0 Å². The van der Waals surface area contributed by atoms with Crippen molar-refractivity contribution in [2.75, 3.05) is 6.54 Å². The Hall–Kier alpha value is -0.370. The first kappa shape index (κ1) is 14.7. The van der Waals surface area contributed by atoms with Crippen LogP contribution in [0.4, 0.5) is 17.6 Å². The molecular weight excluding hydrogens is 329 g/mol. The smallest absolute Gasteiger partial charge is 0.375 e. The number of nitrogens with two attached hydrogens (primary N) is 1. The van der Waals surface area contributed by atoms with E-state index < -0.39 is 34.7 Å². The summed E-state index contributed by atoms with van der Waals surface area (Å²) in [5, 5.41) is 8.92. The molecule has 0 aromatic heterocycles. The van der Waals surface area contributed by atoms with Gasteiger partial charge in [0.15, 0.2) is 0 Å². The Morgan fingerprint density at radius 1 is 1.35 bits per heavy atom. The van der Waals surface area contributed by atoms with E-state index >= 15 is 0 Å². The van der Waals surface area contributed by atoms with Crippen molar-refractivity contribution in [3.05, 3.63) is 33.0 Å². The van der Waals surface area contributed by atoms with Crippen molar-refractivity contribution in [2.24, 2.45) is 5.73 Å². The van der Waals surface area contributed by atoms with Crippen LogP contribution in [-0.4, -0.2) is 17.8 Å². The molecule has 8 heteroatoms. The average molecular weight is 337 g/mol. The molecule has 0 amide bonds. The Labute approximate surface area is 107 Å². The first-order valence-electron chi connectivity index (χ1n) is 4.28. The van der Waals surface area contributed by atoms with Crippen molar-refractivity contribution < 1.29 is 22.7 Å². The molecule has 0 aliphatic heterocycles. The van der Waals surface area contributed by atoms with Crippen LogP contribution in [0.1, 0.15) is 5.56 Å². The van der Waals surface area contributed by atoms with Gasteiger partial charge in [-0.3, -0.25) is 0 Å². The van der Waals surface area contributed by atoms with Gasteiger partial charge in [0.25, 0.3) is 0 Å². The zero-order valence-corrected chi connectivity index (χ0v) is 10.5. The summed E-state index contributed by atoms with van der Waals surface area (Å²) in [6.45, 7) is -1.20. The van der Waals surface area contributed by atoms with Gasteiger partial charge in [0.2, 0.25) is 5.60 Å². The average Bonchev–Trinajstić information content (AvgIpc) is 2.23. The molecule has 0 aliphatic carbocycles. The maximum absolute atomic E-state index is 13.6. The summed E-state index contributed by atoms with van der Waals surface area (Å²) in [5.74, 6) is -1.36. The Bertz CT molecular complexity index is 440. The highest BCUT2D eigenvalue weighted by atomic mass is 79.9. The lowest BCUT2D eigenvalue weighted by Gasteiger charge is -2.30. The second kappa shape index (κ2) is 4.72. The molecule has 1 aromatic carbocycles. The third kappa shape index (κ3) is 2.42. The predicted molar refractivity (Wildman–Crippen MR) is 58.1 cm³/mol. The minimum absolute atomic E-state index is 0.0852. The van der Waals surface area contributed by atoms with E-state index in [0.717, 1.165) is 12.1 Å². The quantitative estimate of drug-likeness (QED) is 0.644. The number of aliphatic hydroxyl groups is 1. The standard InChI is InChI=1S/C9H7BrClF4NO/c10-5-2-1-4(7(12)6(5)11)8(17,3-16)9(13,14)15/h1-2,17H,3,16H2. The second-order valence-corrected chi connectivity index (χ2v) is 4.52. The molecule has 0 saturated heterocycles. The molecule has 0 fully saturated rings. The van der Waals surface area contributed by atoms with Gasteiger partial charge >= 0.3 is 6.18 Å². The first-order chi connectivity index (χ1) is 7.65. The number of halogens is 6. The molecule has 0 heterocycles. The maximum atomic E-state index is 13.6. The Kier molecular flexibility index (Phi) is 4.08. The number of rotatable bonds is 2. The molecule has 96 valence electrons. The number of hydrogen-bond acceptors (Lipinski definition) is 2. The van der Waals surface area contributed by atoms with Gasteiger partial charge in [-0.05, 0) is 22.0 Å². The van der Waals surface area contributed by atoms with Crippen LogP contribution in [0.15, 0.2) is 16.6 Å². The molecule has 2 nitrogen and oxygen atoms in total. The summed E-state index contributed by atoms with van der Waals surface area (Å²) >= 11 is 8.31. The molecule has 0 radical (unpaired) electrons. The van der Waals surface area contributed by atoms with Crippen LogP contribution in [-0.2, 0) is 5.60 Å². The fraction of sp³-hybridized carbons (Fsp3) is 0.333. The lowest BCUT2D eigenvalue weighted by molar-refractivity contribution is -0.263. The van der Waals surface area contributed by atoms with Crippen LogP contribution in [0.5, 0.6) is 0 Å². The third-order valence-corrected chi connectivity index (χ3v) is 3.50. The van der Waals surface area contributed by atoms with Crippen LogP contribution < -0.4 is 5.73 Å². The SMILES string of the molecule is NCC(O)(c1ccc(Br)c(Cl)c1F)C(F)(F)F. The molecular formula is C9H7BrClF4NO. The molecule has 0 saturated carbocycles. The monoisotopic (exact) mass is 335 g/mol. The Morgan fingerprint density at radius 2 is 1.88 bits per heavy atom. The first-order valence-corrected chi connectivity index (χ1v) is 5.45. The lowest BCUT2D eigenvalue weighted by Crippen LogP contribution is -2.48. The van der Waals surface area contributed by atoms with Gasteiger partial charge in [0.05, 0.1) is 5.02 Å². The van der Waals surface area contributed by atoms with Crippen molar-refractivity contribution >= 4 is 27.5 Å². The fourth-order valence-electron chi connectivity index (χ4n) is 1.22. The van der Waals surface area contributed by atoms with Crippen LogP contribution >= 0.6 is 27.5 Å². The van der Waals surface area contributed by atoms with Gasteiger partial charge < -0.3 is 10.8 Å². The largest absolute Gasteiger partial charge is 0.422 e. The van der Waals surface area contributed by atoms with E-state index in [1.165, 1.54) is 0 Å². The summed E-state index contributed by atoms with van der Waals surface area (Å²) in [4.78, 5) is 0. The highest BCUT2D eigenvalue weighted by molar-refractivity contribution is 9.10. The summed E-state index contributed by atoms with van der Waals surface area (Å²) < 4.78 is 51.6. The van der Waals surface area contributed by atoms with Crippen molar-refractivity contribution in [3.8, 4) is 0 Å². The number of hydrogen-bond donors (Lipinski definition) is 2. The normalized spacial score (nSPS) is 15.8. The fourth-order valence-corrected chi connectivity index (χ4v) is 1.69. The molecule has 0 aliphatic rings. The van der Waals surface area contributed by atoms with Crippen molar-refractivity contribution in [3.63, 3.8) is 0 Å². The molecule has 3 N–H and O–H groups in total. The molecule has 0 bridgehead atoms. The van der Waals surface area contributed by atoms with Crippen molar-refractivity contribution in [2.45, 2.75) is 11.8 Å². The molecule has 1 aromatic rings. The summed E-state index contributed by atoms with van der Waals surface area (Å²) in [6, 6.07) is 1.89. The van der Waals surface area contributed by atoms with Gasteiger partial charge in [-0.2, -0.15) is 13.2 Å². The van der Waals surface area contributed by atoms with Gasteiger partial charge in [-0.25, -0.2) is 4.39 Å². The van der Waals surface area contributed by atoms with E-state index in [2.05, 4.69) is 15.9 Å². The summed E-state index contributed by atoms with van der Waals surface area (Å²) in [6.07, 6.45) is -5.10. The molecule has 1 unspecified atom stereocenters. The topological polar surface area (TPSA) is 46.2 Å². The maximum Gasteiger partial charge on any atom is 0.422 e. The highest BCUT2D eigenvalue weighted by Crippen LogP contribution is 2.41. The van der Waals surface area contributed by atoms with Crippen LogP contribution in [0.25, 0.3) is 0 Å². The van der Waals surface area contributed by atoms with Crippen molar-refractivity contribution in [1.82, 2.24) is 0 Å². The van der Waals surface area contributed by atoms with E-state index in [1.807, 2.05) is 0 Å². The summed E-state index contributed by atoms with van der Waals surface area (Å²) in [7, 11) is 0. The van der Waals surface area contributed by atoms with E-state index in [-0.39, 0.29) is 4.47 Å². The zero-order valence-electron chi connectivity index (χ0n) is 8.15.